The molecule has 1 aromatic rings. The summed E-state index contributed by atoms with van der Waals surface area (Å²) in [5.74, 6) is 0.603. The van der Waals surface area contributed by atoms with E-state index in [4.69, 9.17) is 11.6 Å². The zero-order valence-corrected chi connectivity index (χ0v) is 12.8. The highest BCUT2D eigenvalue weighted by Gasteiger charge is 2.21. The average Bonchev–Trinajstić information content (AvgIpc) is 2.28. The molecule has 4 nitrogen and oxygen atoms in total. The van der Waals surface area contributed by atoms with Gasteiger partial charge in [0.2, 0.25) is 0 Å². The molecule has 0 aliphatic rings. The van der Waals surface area contributed by atoms with Crippen molar-refractivity contribution in [1.82, 2.24) is 9.97 Å². The molecule has 100 valence electrons. The Morgan fingerprint density at radius 1 is 1.39 bits per heavy atom. The summed E-state index contributed by atoms with van der Waals surface area (Å²) in [6.07, 6.45) is 0. The minimum atomic E-state index is -0.286. The second kappa shape index (κ2) is 5.89. The first-order valence-electron chi connectivity index (χ1n) is 5.50. The number of hydrogen-bond donors (Lipinski definition) is 0. The maximum atomic E-state index is 11.1. The van der Waals surface area contributed by atoms with Crippen LogP contribution in [-0.2, 0) is 14.9 Å². The number of carbonyl (C=O) groups is 1. The summed E-state index contributed by atoms with van der Waals surface area (Å²) in [7, 11) is 1.36. The Labute approximate surface area is 116 Å². The van der Waals surface area contributed by atoms with E-state index >= 15 is 0 Å². The molecule has 0 N–H and O–H groups in total. The van der Waals surface area contributed by atoms with Crippen molar-refractivity contribution in [3.05, 3.63) is 16.5 Å². The highest BCUT2D eigenvalue weighted by Crippen LogP contribution is 2.28. The average molecular weight is 289 g/mol. The number of ether oxygens (including phenoxy) is 1. The van der Waals surface area contributed by atoms with Crippen LogP contribution in [-0.4, -0.2) is 28.8 Å². The lowest BCUT2D eigenvalue weighted by atomic mass is 9.96. The topological polar surface area (TPSA) is 52.1 Å². The number of rotatable bonds is 3. The molecule has 0 spiro atoms. The molecule has 1 rings (SSSR count). The largest absolute Gasteiger partial charge is 0.468 e. The van der Waals surface area contributed by atoms with Gasteiger partial charge < -0.3 is 4.74 Å². The minimum absolute atomic E-state index is 0.183. The molecule has 0 saturated heterocycles. The third kappa shape index (κ3) is 3.85. The second-order valence-electron chi connectivity index (χ2n) is 4.88. The maximum absolute atomic E-state index is 11.1. The Morgan fingerprint density at radius 3 is 2.50 bits per heavy atom. The summed E-state index contributed by atoms with van der Waals surface area (Å²) in [5.41, 5.74) is 0.608. The van der Waals surface area contributed by atoms with E-state index in [1.165, 1.54) is 18.9 Å². The summed E-state index contributed by atoms with van der Waals surface area (Å²) >= 11 is 7.41. The van der Waals surface area contributed by atoms with Crippen LogP contribution in [0.15, 0.2) is 5.03 Å². The fourth-order valence-corrected chi connectivity index (χ4v) is 2.19. The number of thioether (sulfide) groups is 1. The third-order valence-electron chi connectivity index (χ3n) is 2.27. The van der Waals surface area contributed by atoms with Crippen molar-refractivity contribution < 1.29 is 9.53 Å². The summed E-state index contributed by atoms with van der Waals surface area (Å²) in [6.45, 7) is 7.89. The van der Waals surface area contributed by atoms with Crippen LogP contribution in [0, 0.1) is 6.92 Å². The summed E-state index contributed by atoms with van der Waals surface area (Å²) in [5, 5.41) is 1.16. The van der Waals surface area contributed by atoms with Crippen LogP contribution in [0.5, 0.6) is 0 Å². The Morgan fingerprint density at radius 2 is 2.00 bits per heavy atom. The first-order valence-corrected chi connectivity index (χ1v) is 6.86. The van der Waals surface area contributed by atoms with Crippen LogP contribution >= 0.6 is 23.4 Å². The Kier molecular flexibility index (Phi) is 4.99. The van der Waals surface area contributed by atoms with Crippen molar-refractivity contribution in [3.8, 4) is 0 Å². The fraction of sp³-hybridized carbons (Fsp3) is 0.583. The van der Waals surface area contributed by atoms with Crippen molar-refractivity contribution in [2.24, 2.45) is 0 Å². The molecule has 0 bridgehead atoms. The molecule has 0 saturated carbocycles. The third-order valence-corrected chi connectivity index (χ3v) is 3.69. The van der Waals surface area contributed by atoms with Gasteiger partial charge in [-0.25, -0.2) is 9.97 Å². The molecule has 1 aromatic heterocycles. The molecule has 18 heavy (non-hydrogen) atoms. The number of hydrogen-bond acceptors (Lipinski definition) is 5. The Hall–Kier alpha value is -0.810. The van der Waals surface area contributed by atoms with Gasteiger partial charge in [0, 0.05) is 11.0 Å². The van der Waals surface area contributed by atoms with Gasteiger partial charge in [0.25, 0.3) is 0 Å². The molecule has 0 aliphatic carbocycles. The molecular weight excluding hydrogens is 272 g/mol. The van der Waals surface area contributed by atoms with Gasteiger partial charge in [-0.3, -0.25) is 4.79 Å². The van der Waals surface area contributed by atoms with E-state index in [2.05, 4.69) is 14.7 Å². The van der Waals surface area contributed by atoms with Gasteiger partial charge in [0.05, 0.1) is 12.9 Å². The lowest BCUT2D eigenvalue weighted by molar-refractivity contribution is -0.137. The molecule has 0 fully saturated rings. The summed E-state index contributed by atoms with van der Waals surface area (Å²) in [4.78, 5) is 19.9. The van der Waals surface area contributed by atoms with E-state index < -0.39 is 0 Å². The van der Waals surface area contributed by atoms with Gasteiger partial charge in [-0.1, -0.05) is 44.1 Å². The van der Waals surface area contributed by atoms with Crippen LogP contribution in [0.4, 0.5) is 0 Å². The van der Waals surface area contributed by atoms with E-state index in [9.17, 15) is 4.79 Å². The normalized spacial score (nSPS) is 11.4. The molecule has 0 aromatic carbocycles. The molecule has 0 amide bonds. The standard InChI is InChI=1S/C12H17ClN2O2S/c1-7-9(13)14-11(12(2,3)4)15-10(7)18-6-8(16)17-5/h6H2,1-5H3. The Bertz CT molecular complexity index is 458. The molecule has 0 radical (unpaired) electrons. The van der Waals surface area contributed by atoms with E-state index in [1.807, 2.05) is 27.7 Å². The van der Waals surface area contributed by atoms with Crippen molar-refractivity contribution in [2.75, 3.05) is 12.9 Å². The number of methoxy groups -OCH3 is 1. The van der Waals surface area contributed by atoms with Gasteiger partial charge >= 0.3 is 5.97 Å². The van der Waals surface area contributed by atoms with Crippen LogP contribution in [0.3, 0.4) is 0 Å². The van der Waals surface area contributed by atoms with Gasteiger partial charge in [-0.05, 0) is 6.92 Å². The number of halogens is 1. The van der Waals surface area contributed by atoms with Gasteiger partial charge in [-0.2, -0.15) is 0 Å². The first-order chi connectivity index (χ1) is 8.25. The number of carbonyl (C=O) groups excluding carboxylic acids is 1. The predicted molar refractivity (Wildman–Crippen MR) is 73.2 cm³/mol. The summed E-state index contributed by atoms with van der Waals surface area (Å²) in [6, 6.07) is 0. The molecule has 0 atom stereocenters. The van der Waals surface area contributed by atoms with Gasteiger partial charge in [0.15, 0.2) is 0 Å². The number of nitrogens with zero attached hydrogens (tertiary/aromatic N) is 2. The monoisotopic (exact) mass is 288 g/mol. The van der Waals surface area contributed by atoms with E-state index in [1.54, 1.807) is 0 Å². The first kappa shape index (κ1) is 15.2. The van der Waals surface area contributed by atoms with Crippen LogP contribution in [0.25, 0.3) is 0 Å². The molecule has 0 unspecified atom stereocenters. The SMILES string of the molecule is COC(=O)CSc1nc(C(C)(C)C)nc(Cl)c1C. The Balaban J connectivity index is 3.03. The number of esters is 1. The molecule has 1 heterocycles. The molecule has 0 aliphatic heterocycles. The highest BCUT2D eigenvalue weighted by atomic mass is 35.5. The molecule has 6 heteroatoms. The van der Waals surface area contributed by atoms with E-state index in [0.717, 1.165) is 10.6 Å². The lowest BCUT2D eigenvalue weighted by Crippen LogP contribution is -2.17. The van der Waals surface area contributed by atoms with Crippen molar-refractivity contribution in [1.29, 1.82) is 0 Å². The summed E-state index contributed by atoms with van der Waals surface area (Å²) < 4.78 is 4.60. The predicted octanol–water partition coefficient (Wildman–Crippen LogP) is 3.00. The maximum Gasteiger partial charge on any atom is 0.316 e. The van der Waals surface area contributed by atoms with Crippen LogP contribution < -0.4 is 0 Å². The van der Waals surface area contributed by atoms with Gasteiger partial charge in [0.1, 0.15) is 16.0 Å². The fourth-order valence-electron chi connectivity index (χ4n) is 1.13. The minimum Gasteiger partial charge on any atom is -0.468 e. The van der Waals surface area contributed by atoms with Gasteiger partial charge in [-0.15, -0.1) is 0 Å². The van der Waals surface area contributed by atoms with Crippen LogP contribution in [0.2, 0.25) is 5.15 Å². The molecular formula is C12H17ClN2O2S. The van der Waals surface area contributed by atoms with Crippen molar-refractivity contribution in [3.63, 3.8) is 0 Å². The zero-order valence-electron chi connectivity index (χ0n) is 11.2. The smallest absolute Gasteiger partial charge is 0.316 e. The quantitative estimate of drug-likeness (QED) is 0.486. The van der Waals surface area contributed by atoms with E-state index in [-0.39, 0.29) is 17.1 Å². The lowest BCUT2D eigenvalue weighted by Gasteiger charge is -2.18. The van der Waals surface area contributed by atoms with E-state index in [0.29, 0.717) is 11.0 Å². The highest BCUT2D eigenvalue weighted by molar-refractivity contribution is 7.99. The zero-order chi connectivity index (χ0) is 13.9. The second-order valence-corrected chi connectivity index (χ2v) is 6.21. The van der Waals surface area contributed by atoms with Crippen molar-refractivity contribution in [2.45, 2.75) is 38.1 Å². The number of aromatic nitrogens is 2. The van der Waals surface area contributed by atoms with Crippen molar-refractivity contribution >= 4 is 29.3 Å². The van der Waals surface area contributed by atoms with Crippen LogP contribution in [0.1, 0.15) is 32.2 Å².